The zero-order valence-electron chi connectivity index (χ0n) is 12.5. The lowest BCUT2D eigenvalue weighted by Crippen LogP contribution is -2.34. The van der Waals surface area contributed by atoms with Crippen LogP contribution in [0.3, 0.4) is 0 Å². The predicted octanol–water partition coefficient (Wildman–Crippen LogP) is 3.08. The summed E-state index contributed by atoms with van der Waals surface area (Å²) in [6.07, 6.45) is 0. The van der Waals surface area contributed by atoms with Gasteiger partial charge in [-0.05, 0) is 69.6 Å². The van der Waals surface area contributed by atoms with Crippen LogP contribution in [0.4, 0.5) is 0 Å². The third-order valence-electron chi connectivity index (χ3n) is 2.97. The molecule has 2 heteroatoms. The minimum absolute atomic E-state index is 0.333. The summed E-state index contributed by atoms with van der Waals surface area (Å²) in [6.45, 7) is 15.4. The van der Waals surface area contributed by atoms with Crippen molar-refractivity contribution in [3.63, 3.8) is 0 Å². The molecule has 0 aromatic carbocycles. The maximum absolute atomic E-state index is 2.33. The first-order valence-electron chi connectivity index (χ1n) is 5.89. The van der Waals surface area contributed by atoms with Crippen LogP contribution in [0.25, 0.3) is 0 Å². The van der Waals surface area contributed by atoms with Crippen molar-refractivity contribution in [1.29, 1.82) is 0 Å². The smallest absolute Gasteiger partial charge is 0.0118 e. The Bertz CT molecular complexity index is 135. The molecular formula is C13H32N2. The molecule has 0 N–H and O–H groups in total. The SMILES string of the molecule is CC(C)N(C)C(C)C.CN(C)C(C)(C)C. The van der Waals surface area contributed by atoms with E-state index in [-0.39, 0.29) is 0 Å². The van der Waals surface area contributed by atoms with Gasteiger partial charge in [-0.1, -0.05) is 0 Å². The van der Waals surface area contributed by atoms with Crippen LogP contribution in [0.1, 0.15) is 48.5 Å². The van der Waals surface area contributed by atoms with Crippen LogP contribution in [0, 0.1) is 0 Å². The molecule has 0 saturated heterocycles. The Kier molecular flexibility index (Phi) is 8.35. The number of hydrogen-bond acceptors (Lipinski definition) is 2. The molecule has 0 unspecified atom stereocenters. The zero-order chi connectivity index (χ0) is 12.8. The number of rotatable bonds is 2. The first-order valence-corrected chi connectivity index (χ1v) is 5.89. The molecule has 2 nitrogen and oxygen atoms in total. The number of hydrogen-bond donors (Lipinski definition) is 0. The first kappa shape index (κ1) is 17.3. The van der Waals surface area contributed by atoms with Gasteiger partial charge in [-0.2, -0.15) is 0 Å². The second-order valence-corrected chi connectivity index (χ2v) is 5.92. The number of nitrogens with zero attached hydrogens (tertiary/aromatic N) is 2. The molecule has 0 aliphatic carbocycles. The van der Waals surface area contributed by atoms with Crippen LogP contribution in [0.5, 0.6) is 0 Å². The van der Waals surface area contributed by atoms with Crippen molar-refractivity contribution in [2.75, 3.05) is 21.1 Å². The van der Waals surface area contributed by atoms with Crippen molar-refractivity contribution in [3.05, 3.63) is 0 Å². The quantitative estimate of drug-likeness (QED) is 0.700. The highest BCUT2D eigenvalue weighted by Crippen LogP contribution is 2.05. The van der Waals surface area contributed by atoms with Crippen LogP contribution >= 0.6 is 0 Å². The molecule has 0 rings (SSSR count). The average Bonchev–Trinajstić information content (AvgIpc) is 2.01. The summed E-state index contributed by atoms with van der Waals surface area (Å²) in [5.41, 5.74) is 0.333. The lowest BCUT2D eigenvalue weighted by Gasteiger charge is -2.27. The van der Waals surface area contributed by atoms with E-state index in [2.05, 4.69) is 79.4 Å². The highest BCUT2D eigenvalue weighted by atomic mass is 15.1. The maximum Gasteiger partial charge on any atom is 0.0118 e. The molecule has 0 aromatic rings. The third-order valence-corrected chi connectivity index (χ3v) is 2.97. The minimum Gasteiger partial charge on any atom is -0.305 e. The fourth-order valence-electron chi connectivity index (χ4n) is 0.596. The second-order valence-electron chi connectivity index (χ2n) is 5.92. The van der Waals surface area contributed by atoms with E-state index in [0.29, 0.717) is 17.6 Å². The van der Waals surface area contributed by atoms with Crippen molar-refractivity contribution < 1.29 is 0 Å². The Morgan fingerprint density at radius 3 is 0.933 bits per heavy atom. The fourth-order valence-corrected chi connectivity index (χ4v) is 0.596. The molecule has 0 aliphatic rings. The van der Waals surface area contributed by atoms with Crippen LogP contribution in [0.2, 0.25) is 0 Å². The van der Waals surface area contributed by atoms with Gasteiger partial charge in [0.15, 0.2) is 0 Å². The van der Waals surface area contributed by atoms with Crippen molar-refractivity contribution in [2.24, 2.45) is 0 Å². The maximum atomic E-state index is 2.33. The molecule has 0 aromatic heterocycles. The monoisotopic (exact) mass is 216 g/mol. The van der Waals surface area contributed by atoms with Gasteiger partial charge in [0.05, 0.1) is 0 Å². The Morgan fingerprint density at radius 2 is 0.933 bits per heavy atom. The summed E-state index contributed by atoms with van der Waals surface area (Å²) in [6, 6.07) is 1.35. The van der Waals surface area contributed by atoms with Gasteiger partial charge in [0, 0.05) is 17.6 Å². The van der Waals surface area contributed by atoms with E-state index in [1.807, 2.05) is 0 Å². The highest BCUT2D eigenvalue weighted by Gasteiger charge is 2.10. The standard InChI is InChI=1S/C7H17N.C6H15N/c1-6(2)8(5)7(3)4;1-6(2,3)7(4)5/h6-7H,1-5H3;1-5H3. The van der Waals surface area contributed by atoms with Crippen LogP contribution in [0.15, 0.2) is 0 Å². The van der Waals surface area contributed by atoms with Gasteiger partial charge in [-0.3, -0.25) is 0 Å². The van der Waals surface area contributed by atoms with E-state index in [9.17, 15) is 0 Å². The molecule has 0 radical (unpaired) electrons. The van der Waals surface area contributed by atoms with E-state index >= 15 is 0 Å². The summed E-state index contributed by atoms with van der Waals surface area (Å²) in [5.74, 6) is 0. The molecule has 0 bridgehead atoms. The Labute approximate surface area is 97.6 Å². The molecule has 0 saturated carbocycles. The summed E-state index contributed by atoms with van der Waals surface area (Å²) in [7, 11) is 6.31. The molecule has 0 amide bonds. The molecule has 0 aliphatic heterocycles. The van der Waals surface area contributed by atoms with E-state index in [4.69, 9.17) is 0 Å². The average molecular weight is 216 g/mol. The van der Waals surface area contributed by atoms with Crippen LogP contribution in [-0.2, 0) is 0 Å². The third kappa shape index (κ3) is 10.2. The fraction of sp³-hybridized carbons (Fsp3) is 1.00. The topological polar surface area (TPSA) is 6.48 Å². The highest BCUT2D eigenvalue weighted by molar-refractivity contribution is 4.68. The van der Waals surface area contributed by atoms with Gasteiger partial charge in [0.2, 0.25) is 0 Å². The van der Waals surface area contributed by atoms with Crippen LogP contribution in [-0.4, -0.2) is 48.6 Å². The zero-order valence-corrected chi connectivity index (χ0v) is 12.5. The normalized spacial score (nSPS) is 12.4. The predicted molar refractivity (Wildman–Crippen MR) is 71.5 cm³/mol. The lowest BCUT2D eigenvalue weighted by molar-refractivity contribution is 0.219. The Morgan fingerprint density at radius 1 is 0.733 bits per heavy atom. The summed E-state index contributed by atoms with van der Waals surface area (Å²) in [4.78, 5) is 4.52. The van der Waals surface area contributed by atoms with E-state index < -0.39 is 0 Å². The minimum atomic E-state index is 0.333. The van der Waals surface area contributed by atoms with Crippen molar-refractivity contribution >= 4 is 0 Å². The molecule has 0 fully saturated rings. The molecule has 0 atom stereocenters. The molecular weight excluding hydrogens is 184 g/mol. The van der Waals surface area contributed by atoms with E-state index in [1.54, 1.807) is 0 Å². The molecule has 0 heterocycles. The van der Waals surface area contributed by atoms with Crippen molar-refractivity contribution in [3.8, 4) is 0 Å². The van der Waals surface area contributed by atoms with Crippen molar-refractivity contribution in [1.82, 2.24) is 9.80 Å². The van der Waals surface area contributed by atoms with Gasteiger partial charge < -0.3 is 9.80 Å². The van der Waals surface area contributed by atoms with Gasteiger partial charge in [-0.15, -0.1) is 0 Å². The first-order chi connectivity index (χ1) is 6.50. The van der Waals surface area contributed by atoms with E-state index in [0.717, 1.165) is 0 Å². The molecule has 94 valence electrons. The van der Waals surface area contributed by atoms with Gasteiger partial charge in [0.1, 0.15) is 0 Å². The van der Waals surface area contributed by atoms with Gasteiger partial charge >= 0.3 is 0 Å². The van der Waals surface area contributed by atoms with Crippen LogP contribution < -0.4 is 0 Å². The largest absolute Gasteiger partial charge is 0.305 e. The summed E-state index contributed by atoms with van der Waals surface area (Å²) in [5, 5.41) is 0. The van der Waals surface area contributed by atoms with E-state index in [1.165, 1.54) is 0 Å². The van der Waals surface area contributed by atoms with Gasteiger partial charge in [0.25, 0.3) is 0 Å². The second kappa shape index (κ2) is 7.24. The molecule has 0 spiro atoms. The molecule has 15 heavy (non-hydrogen) atoms. The lowest BCUT2D eigenvalue weighted by atomic mass is 10.1. The van der Waals surface area contributed by atoms with Gasteiger partial charge in [-0.25, -0.2) is 0 Å². The Hall–Kier alpha value is -0.0800. The Balaban J connectivity index is 0. The summed E-state index contributed by atoms with van der Waals surface area (Å²) >= 11 is 0. The van der Waals surface area contributed by atoms with Crippen molar-refractivity contribution in [2.45, 2.75) is 66.1 Å². The summed E-state index contributed by atoms with van der Waals surface area (Å²) < 4.78 is 0.